The summed E-state index contributed by atoms with van der Waals surface area (Å²) in [4.78, 5) is 16.1. The van der Waals surface area contributed by atoms with Gasteiger partial charge in [-0.15, -0.1) is 0 Å². The third kappa shape index (κ3) is 4.33. The number of benzene rings is 2. The predicted molar refractivity (Wildman–Crippen MR) is 110 cm³/mol. The number of para-hydroxylation sites is 1. The molecule has 0 bridgehead atoms. The highest BCUT2D eigenvalue weighted by Gasteiger charge is 2.23. The first-order valence-electron chi connectivity index (χ1n) is 9.49. The maximum atomic E-state index is 12.8. The first-order valence-corrected chi connectivity index (χ1v) is 9.49. The molecule has 2 N–H and O–H groups in total. The van der Waals surface area contributed by atoms with Crippen LogP contribution in [0.15, 0.2) is 54.7 Å². The summed E-state index contributed by atoms with van der Waals surface area (Å²) in [6.45, 7) is 6.28. The lowest BCUT2D eigenvalue weighted by Gasteiger charge is -2.21. The van der Waals surface area contributed by atoms with E-state index < -0.39 is 0 Å². The van der Waals surface area contributed by atoms with Gasteiger partial charge in [-0.25, -0.2) is 0 Å². The van der Waals surface area contributed by atoms with Crippen LogP contribution < -0.4 is 10.1 Å². The van der Waals surface area contributed by atoms with Crippen molar-refractivity contribution in [3.8, 4) is 5.75 Å². The number of H-pyrrole nitrogens is 1. The third-order valence-electron chi connectivity index (χ3n) is 5.27. The molecule has 0 aliphatic carbocycles. The summed E-state index contributed by atoms with van der Waals surface area (Å²) in [6.07, 6.45) is 2.42. The number of nitrogens with one attached hydrogen (secondary N) is 2. The van der Waals surface area contributed by atoms with Gasteiger partial charge in [-0.2, -0.15) is 0 Å². The number of carbonyl (C=O) groups is 1. The molecule has 3 aromatic rings. The average molecular weight is 364 g/mol. The number of aromatic amines is 1. The Hall–Kier alpha value is -2.75. The molecular weight excluding hydrogens is 336 g/mol. The van der Waals surface area contributed by atoms with E-state index in [9.17, 15) is 4.79 Å². The molecule has 2 aromatic carbocycles. The van der Waals surface area contributed by atoms with Crippen LogP contribution in [0.5, 0.6) is 5.75 Å². The normalized spacial score (nSPS) is 13.5. The Morgan fingerprint density at radius 3 is 2.63 bits per heavy atom. The zero-order chi connectivity index (χ0) is 19.4. The van der Waals surface area contributed by atoms with E-state index >= 15 is 0 Å². The minimum atomic E-state index is -0.0457. The van der Waals surface area contributed by atoms with E-state index in [4.69, 9.17) is 4.74 Å². The van der Waals surface area contributed by atoms with E-state index in [-0.39, 0.29) is 17.9 Å². The second-order valence-electron chi connectivity index (χ2n) is 7.42. The second kappa shape index (κ2) is 8.30. The molecule has 2 atom stereocenters. The fraction of sp³-hybridized carbons (Fsp3) is 0.348. The Bertz CT molecular complexity index is 913. The zero-order valence-corrected chi connectivity index (χ0v) is 16.5. The SMILES string of the molecule is COc1cccc(C(CC(=O)NC(C)C(C)C)c2c[nH]c3ccccc23)c1. The number of amides is 1. The first kappa shape index (κ1) is 19.0. The molecule has 1 heterocycles. The summed E-state index contributed by atoms with van der Waals surface area (Å²) in [6, 6.07) is 16.3. The van der Waals surface area contributed by atoms with Gasteiger partial charge in [0.1, 0.15) is 5.75 Å². The van der Waals surface area contributed by atoms with Gasteiger partial charge in [0.15, 0.2) is 0 Å². The van der Waals surface area contributed by atoms with Crippen LogP contribution in [0.4, 0.5) is 0 Å². The van der Waals surface area contributed by atoms with Crippen LogP contribution in [-0.4, -0.2) is 24.0 Å². The summed E-state index contributed by atoms with van der Waals surface area (Å²) in [5, 5.41) is 4.29. The van der Waals surface area contributed by atoms with Crippen LogP contribution in [0.25, 0.3) is 10.9 Å². The highest BCUT2D eigenvalue weighted by Crippen LogP contribution is 2.34. The topological polar surface area (TPSA) is 54.1 Å². The Labute approximate surface area is 160 Å². The molecule has 0 aliphatic rings. The number of hydrogen-bond acceptors (Lipinski definition) is 2. The quantitative estimate of drug-likeness (QED) is 0.629. The minimum absolute atomic E-state index is 0.0457. The van der Waals surface area contributed by atoms with Gasteiger partial charge in [0.05, 0.1) is 7.11 Å². The fourth-order valence-corrected chi connectivity index (χ4v) is 3.31. The second-order valence-corrected chi connectivity index (χ2v) is 7.42. The molecule has 2 unspecified atom stereocenters. The molecule has 0 radical (unpaired) electrons. The molecule has 142 valence electrons. The number of aromatic nitrogens is 1. The molecule has 1 amide bonds. The summed E-state index contributed by atoms with van der Waals surface area (Å²) < 4.78 is 5.40. The van der Waals surface area contributed by atoms with Gasteiger partial charge in [0, 0.05) is 35.5 Å². The van der Waals surface area contributed by atoms with Crippen LogP contribution in [-0.2, 0) is 4.79 Å². The van der Waals surface area contributed by atoms with E-state index in [0.717, 1.165) is 27.8 Å². The number of methoxy groups -OCH3 is 1. The van der Waals surface area contributed by atoms with Crippen LogP contribution in [0.1, 0.15) is 44.2 Å². The standard InChI is InChI=1S/C23H28N2O2/c1-15(2)16(3)25-23(26)13-20(17-8-7-9-18(12-17)27-4)21-14-24-22-11-6-5-10-19(21)22/h5-12,14-16,20,24H,13H2,1-4H3,(H,25,26). The van der Waals surface area contributed by atoms with Crippen molar-refractivity contribution < 1.29 is 9.53 Å². The van der Waals surface area contributed by atoms with Crippen LogP contribution in [0, 0.1) is 5.92 Å². The van der Waals surface area contributed by atoms with Crippen molar-refractivity contribution in [1.29, 1.82) is 0 Å². The molecule has 0 fully saturated rings. The third-order valence-corrected chi connectivity index (χ3v) is 5.27. The number of ether oxygens (including phenoxy) is 1. The Morgan fingerprint density at radius 2 is 1.89 bits per heavy atom. The molecule has 3 rings (SSSR count). The van der Waals surface area contributed by atoms with Gasteiger partial charge in [0.25, 0.3) is 0 Å². The number of carbonyl (C=O) groups excluding carboxylic acids is 1. The van der Waals surface area contributed by atoms with Gasteiger partial charge in [-0.1, -0.05) is 44.2 Å². The Balaban J connectivity index is 1.97. The van der Waals surface area contributed by atoms with Crippen molar-refractivity contribution in [2.45, 2.75) is 39.2 Å². The van der Waals surface area contributed by atoms with Crippen LogP contribution in [0.2, 0.25) is 0 Å². The molecule has 0 spiro atoms. The maximum Gasteiger partial charge on any atom is 0.221 e. The first-order chi connectivity index (χ1) is 13.0. The van der Waals surface area contributed by atoms with Gasteiger partial charge in [-0.3, -0.25) is 4.79 Å². The summed E-state index contributed by atoms with van der Waals surface area (Å²) in [5.74, 6) is 1.22. The van der Waals surface area contributed by atoms with E-state index in [1.54, 1.807) is 7.11 Å². The highest BCUT2D eigenvalue weighted by molar-refractivity contribution is 5.86. The molecule has 1 aromatic heterocycles. The van der Waals surface area contributed by atoms with Crippen molar-refractivity contribution >= 4 is 16.8 Å². The van der Waals surface area contributed by atoms with Crippen LogP contribution in [0.3, 0.4) is 0 Å². The fourth-order valence-electron chi connectivity index (χ4n) is 3.31. The van der Waals surface area contributed by atoms with Crippen molar-refractivity contribution in [3.63, 3.8) is 0 Å². The van der Waals surface area contributed by atoms with Gasteiger partial charge < -0.3 is 15.0 Å². The molecular formula is C23H28N2O2. The van der Waals surface area contributed by atoms with Crippen molar-refractivity contribution in [1.82, 2.24) is 10.3 Å². The largest absolute Gasteiger partial charge is 0.497 e. The summed E-state index contributed by atoms with van der Waals surface area (Å²) >= 11 is 0. The maximum absolute atomic E-state index is 12.8. The molecule has 0 aliphatic heterocycles. The van der Waals surface area contributed by atoms with Crippen molar-refractivity contribution in [3.05, 3.63) is 65.9 Å². The number of hydrogen-bond donors (Lipinski definition) is 2. The average Bonchev–Trinajstić information content (AvgIpc) is 3.10. The lowest BCUT2D eigenvalue weighted by molar-refractivity contribution is -0.122. The molecule has 4 nitrogen and oxygen atoms in total. The molecule has 4 heteroatoms. The molecule has 27 heavy (non-hydrogen) atoms. The van der Waals surface area contributed by atoms with E-state index in [1.165, 1.54) is 0 Å². The van der Waals surface area contributed by atoms with Gasteiger partial charge in [-0.05, 0) is 42.2 Å². The minimum Gasteiger partial charge on any atom is -0.497 e. The number of rotatable bonds is 7. The van der Waals surface area contributed by atoms with Crippen molar-refractivity contribution in [2.24, 2.45) is 5.92 Å². The Kier molecular flexibility index (Phi) is 5.84. The molecule has 0 saturated carbocycles. The van der Waals surface area contributed by atoms with Gasteiger partial charge in [0.2, 0.25) is 5.91 Å². The zero-order valence-electron chi connectivity index (χ0n) is 16.5. The molecule has 0 saturated heterocycles. The lowest BCUT2D eigenvalue weighted by Crippen LogP contribution is -2.36. The summed E-state index contributed by atoms with van der Waals surface area (Å²) in [5.41, 5.74) is 3.29. The van der Waals surface area contributed by atoms with Crippen molar-refractivity contribution in [2.75, 3.05) is 7.11 Å². The van der Waals surface area contributed by atoms with Gasteiger partial charge >= 0.3 is 0 Å². The smallest absolute Gasteiger partial charge is 0.221 e. The van der Waals surface area contributed by atoms with Crippen LogP contribution >= 0.6 is 0 Å². The Morgan fingerprint density at radius 1 is 1.11 bits per heavy atom. The summed E-state index contributed by atoms with van der Waals surface area (Å²) in [7, 11) is 1.66. The monoisotopic (exact) mass is 364 g/mol. The lowest BCUT2D eigenvalue weighted by atomic mass is 9.87. The van der Waals surface area contributed by atoms with E-state index in [2.05, 4.69) is 49.3 Å². The highest BCUT2D eigenvalue weighted by atomic mass is 16.5. The number of fused-ring (bicyclic) bond motifs is 1. The predicted octanol–water partition coefficient (Wildman–Crippen LogP) is 4.86. The van der Waals surface area contributed by atoms with E-state index in [0.29, 0.717) is 12.3 Å². The van der Waals surface area contributed by atoms with E-state index in [1.807, 2.05) is 36.5 Å².